The van der Waals surface area contributed by atoms with Crippen molar-refractivity contribution < 1.29 is 9.50 Å². The minimum atomic E-state index is -1.18. The lowest BCUT2D eigenvalue weighted by Crippen LogP contribution is -1.97. The Kier molecular flexibility index (Phi) is 2.85. The molecule has 0 aliphatic heterocycles. The summed E-state index contributed by atoms with van der Waals surface area (Å²) in [6.07, 6.45) is 3.76. The first kappa shape index (κ1) is 9.24. The quantitative estimate of drug-likeness (QED) is 0.732. The van der Waals surface area contributed by atoms with E-state index in [1.165, 1.54) is 12.1 Å². The molecular formula is C9H6BrFO. The second kappa shape index (κ2) is 3.70. The molecule has 0 saturated carbocycles. The Morgan fingerprint density at radius 2 is 2.25 bits per heavy atom. The third-order valence-corrected chi connectivity index (χ3v) is 1.90. The highest BCUT2D eigenvalue weighted by atomic mass is 79.9. The van der Waals surface area contributed by atoms with Crippen LogP contribution in [0.3, 0.4) is 0 Å². The van der Waals surface area contributed by atoms with Crippen LogP contribution in [0.15, 0.2) is 22.7 Å². The van der Waals surface area contributed by atoms with Crippen LogP contribution in [0.25, 0.3) is 0 Å². The van der Waals surface area contributed by atoms with E-state index in [1.807, 2.05) is 5.92 Å². The van der Waals surface area contributed by atoms with Gasteiger partial charge in [-0.05, 0) is 18.2 Å². The van der Waals surface area contributed by atoms with Crippen molar-refractivity contribution in [1.29, 1.82) is 0 Å². The summed E-state index contributed by atoms with van der Waals surface area (Å²) in [6, 6.07) is 4.25. The van der Waals surface area contributed by atoms with Gasteiger partial charge in [0.25, 0.3) is 0 Å². The summed E-state index contributed by atoms with van der Waals surface area (Å²) < 4.78 is 13.6. The molecule has 62 valence electrons. The van der Waals surface area contributed by atoms with E-state index in [2.05, 4.69) is 15.9 Å². The Morgan fingerprint density at radius 1 is 1.58 bits per heavy atom. The van der Waals surface area contributed by atoms with E-state index in [0.717, 1.165) is 0 Å². The first-order chi connectivity index (χ1) is 5.65. The Labute approximate surface area is 78.4 Å². The zero-order valence-corrected chi connectivity index (χ0v) is 7.68. The fraction of sp³-hybridized carbons (Fsp3) is 0.111. The minimum absolute atomic E-state index is 0.117. The van der Waals surface area contributed by atoms with Crippen LogP contribution in [-0.2, 0) is 0 Å². The SMILES string of the molecule is C#C[C@@H](O)c1cc(Br)ccc1F. The normalized spacial score (nSPS) is 12.2. The van der Waals surface area contributed by atoms with Crippen molar-refractivity contribution in [2.45, 2.75) is 6.10 Å². The maximum atomic E-state index is 12.9. The van der Waals surface area contributed by atoms with Gasteiger partial charge in [-0.25, -0.2) is 4.39 Å². The van der Waals surface area contributed by atoms with E-state index in [0.29, 0.717) is 4.47 Å². The zero-order valence-electron chi connectivity index (χ0n) is 6.09. The summed E-state index contributed by atoms with van der Waals surface area (Å²) in [6.45, 7) is 0. The Balaban J connectivity index is 3.15. The van der Waals surface area contributed by atoms with Crippen molar-refractivity contribution in [2.75, 3.05) is 0 Å². The Morgan fingerprint density at radius 3 is 2.83 bits per heavy atom. The molecule has 1 N–H and O–H groups in total. The molecule has 0 amide bonds. The van der Waals surface area contributed by atoms with Gasteiger partial charge >= 0.3 is 0 Å². The Hall–Kier alpha value is -0.850. The highest BCUT2D eigenvalue weighted by Gasteiger charge is 2.09. The summed E-state index contributed by atoms with van der Waals surface area (Å²) in [4.78, 5) is 0. The molecule has 1 aromatic carbocycles. The van der Waals surface area contributed by atoms with Crippen LogP contribution in [-0.4, -0.2) is 5.11 Å². The number of aliphatic hydroxyl groups is 1. The number of halogens is 2. The molecule has 0 unspecified atom stereocenters. The summed E-state index contributed by atoms with van der Waals surface area (Å²) in [5.74, 6) is 1.55. The molecule has 1 nitrogen and oxygen atoms in total. The summed E-state index contributed by atoms with van der Waals surface area (Å²) in [5.41, 5.74) is 0.117. The van der Waals surface area contributed by atoms with E-state index in [9.17, 15) is 4.39 Å². The molecule has 0 saturated heterocycles. The van der Waals surface area contributed by atoms with Crippen LogP contribution in [0, 0.1) is 18.2 Å². The van der Waals surface area contributed by atoms with Gasteiger partial charge in [0, 0.05) is 10.0 Å². The lowest BCUT2D eigenvalue weighted by atomic mass is 10.1. The molecule has 0 aliphatic rings. The second-order valence-corrected chi connectivity index (χ2v) is 3.15. The maximum absolute atomic E-state index is 12.9. The van der Waals surface area contributed by atoms with Gasteiger partial charge in [-0.2, -0.15) is 0 Å². The van der Waals surface area contributed by atoms with Gasteiger partial charge in [-0.1, -0.05) is 21.9 Å². The molecule has 1 rings (SSSR count). The van der Waals surface area contributed by atoms with E-state index in [1.54, 1.807) is 6.07 Å². The van der Waals surface area contributed by atoms with E-state index in [-0.39, 0.29) is 5.56 Å². The van der Waals surface area contributed by atoms with E-state index in [4.69, 9.17) is 11.5 Å². The monoisotopic (exact) mass is 228 g/mol. The highest BCUT2D eigenvalue weighted by molar-refractivity contribution is 9.10. The molecule has 1 aromatic rings. The van der Waals surface area contributed by atoms with Crippen LogP contribution in [0.4, 0.5) is 4.39 Å². The van der Waals surface area contributed by atoms with Gasteiger partial charge in [0.05, 0.1) is 0 Å². The van der Waals surface area contributed by atoms with Crippen LogP contribution >= 0.6 is 15.9 Å². The predicted molar refractivity (Wildman–Crippen MR) is 47.9 cm³/mol. The molecular weight excluding hydrogens is 223 g/mol. The predicted octanol–water partition coefficient (Wildman–Crippen LogP) is 2.25. The molecule has 0 spiro atoms. The van der Waals surface area contributed by atoms with Crippen molar-refractivity contribution in [3.8, 4) is 12.3 Å². The summed E-state index contributed by atoms with van der Waals surface area (Å²) >= 11 is 3.15. The van der Waals surface area contributed by atoms with Crippen molar-refractivity contribution in [3.05, 3.63) is 34.1 Å². The van der Waals surface area contributed by atoms with Crippen molar-refractivity contribution in [1.82, 2.24) is 0 Å². The molecule has 0 bridgehead atoms. The highest BCUT2D eigenvalue weighted by Crippen LogP contribution is 2.20. The molecule has 0 radical (unpaired) electrons. The van der Waals surface area contributed by atoms with Crippen LogP contribution in [0.2, 0.25) is 0 Å². The standard InChI is InChI=1S/C9H6BrFO/c1-2-9(12)7-5-6(10)3-4-8(7)11/h1,3-5,9,12H/t9-/m1/s1. The molecule has 0 fully saturated rings. The molecule has 0 heterocycles. The average Bonchev–Trinajstić information content (AvgIpc) is 2.08. The maximum Gasteiger partial charge on any atom is 0.142 e. The van der Waals surface area contributed by atoms with Crippen LogP contribution in [0.5, 0.6) is 0 Å². The van der Waals surface area contributed by atoms with Crippen molar-refractivity contribution in [2.24, 2.45) is 0 Å². The second-order valence-electron chi connectivity index (χ2n) is 2.24. The van der Waals surface area contributed by atoms with Gasteiger partial charge in [0.15, 0.2) is 0 Å². The number of benzene rings is 1. The molecule has 12 heavy (non-hydrogen) atoms. The number of aliphatic hydroxyl groups excluding tert-OH is 1. The Bertz CT molecular complexity index is 330. The number of hydrogen-bond donors (Lipinski definition) is 1. The van der Waals surface area contributed by atoms with Crippen LogP contribution < -0.4 is 0 Å². The molecule has 0 aliphatic carbocycles. The van der Waals surface area contributed by atoms with Crippen molar-refractivity contribution in [3.63, 3.8) is 0 Å². The fourth-order valence-corrected chi connectivity index (χ4v) is 1.19. The van der Waals surface area contributed by atoms with Gasteiger partial charge in [0.1, 0.15) is 11.9 Å². The third kappa shape index (κ3) is 1.84. The molecule has 1 atom stereocenters. The zero-order chi connectivity index (χ0) is 9.14. The first-order valence-electron chi connectivity index (χ1n) is 3.24. The smallest absolute Gasteiger partial charge is 0.142 e. The lowest BCUT2D eigenvalue weighted by Gasteiger charge is -2.04. The summed E-state index contributed by atoms with van der Waals surface area (Å²) in [5, 5.41) is 9.14. The topological polar surface area (TPSA) is 20.2 Å². The third-order valence-electron chi connectivity index (χ3n) is 1.41. The largest absolute Gasteiger partial charge is 0.376 e. The number of rotatable bonds is 1. The van der Waals surface area contributed by atoms with Gasteiger partial charge in [-0.3, -0.25) is 0 Å². The number of terminal acetylenes is 1. The van der Waals surface area contributed by atoms with Crippen LogP contribution in [0.1, 0.15) is 11.7 Å². The minimum Gasteiger partial charge on any atom is -0.376 e. The van der Waals surface area contributed by atoms with Gasteiger partial charge < -0.3 is 5.11 Å². The molecule has 0 aromatic heterocycles. The van der Waals surface area contributed by atoms with E-state index < -0.39 is 11.9 Å². The lowest BCUT2D eigenvalue weighted by molar-refractivity contribution is 0.233. The number of hydrogen-bond acceptors (Lipinski definition) is 1. The fourth-order valence-electron chi connectivity index (χ4n) is 0.814. The summed E-state index contributed by atoms with van der Waals surface area (Å²) in [7, 11) is 0. The van der Waals surface area contributed by atoms with Crippen molar-refractivity contribution >= 4 is 15.9 Å². The van der Waals surface area contributed by atoms with Gasteiger partial charge in [-0.15, -0.1) is 6.42 Å². The molecule has 3 heteroatoms. The first-order valence-corrected chi connectivity index (χ1v) is 4.03. The average molecular weight is 229 g/mol. The van der Waals surface area contributed by atoms with Gasteiger partial charge in [0.2, 0.25) is 0 Å². The van der Waals surface area contributed by atoms with E-state index >= 15 is 0 Å².